The summed E-state index contributed by atoms with van der Waals surface area (Å²) in [7, 11) is 1.70. The van der Waals surface area contributed by atoms with Crippen LogP contribution in [0.25, 0.3) is 0 Å². The van der Waals surface area contributed by atoms with E-state index in [0.717, 1.165) is 0 Å². The van der Waals surface area contributed by atoms with Crippen molar-refractivity contribution in [3.05, 3.63) is 35.4 Å². The van der Waals surface area contributed by atoms with Crippen molar-refractivity contribution in [1.82, 2.24) is 0 Å². The summed E-state index contributed by atoms with van der Waals surface area (Å²) in [5, 5.41) is 10.2. The van der Waals surface area contributed by atoms with Gasteiger partial charge in [0.15, 0.2) is 0 Å². The highest BCUT2D eigenvalue weighted by Crippen LogP contribution is 2.36. The minimum Gasteiger partial charge on any atom is -0.390 e. The first-order valence-electron chi connectivity index (χ1n) is 6.91. The van der Waals surface area contributed by atoms with E-state index in [2.05, 4.69) is 38.1 Å². The standard InChI is InChI=1S/C16H24O2/c1-11(2)13-6-4-12(5-7-13)10-15(17)16(18-3)14-8-9-14/h4-7,11,14-17H,8-10H2,1-3H3. The number of methoxy groups -OCH3 is 1. The fourth-order valence-electron chi connectivity index (χ4n) is 2.48. The lowest BCUT2D eigenvalue weighted by atomic mass is 9.97. The zero-order valence-corrected chi connectivity index (χ0v) is 11.6. The van der Waals surface area contributed by atoms with Crippen LogP contribution in [-0.2, 0) is 11.2 Å². The molecular weight excluding hydrogens is 224 g/mol. The van der Waals surface area contributed by atoms with E-state index in [0.29, 0.717) is 18.3 Å². The Labute approximate surface area is 110 Å². The molecule has 0 aliphatic heterocycles. The van der Waals surface area contributed by atoms with E-state index in [1.165, 1.54) is 24.0 Å². The van der Waals surface area contributed by atoms with Gasteiger partial charge in [0, 0.05) is 13.5 Å². The number of hydrogen-bond acceptors (Lipinski definition) is 2. The number of ether oxygens (including phenoxy) is 1. The van der Waals surface area contributed by atoms with Crippen molar-refractivity contribution in [3.8, 4) is 0 Å². The summed E-state index contributed by atoms with van der Waals surface area (Å²) in [5.41, 5.74) is 2.54. The molecule has 1 saturated carbocycles. The molecule has 0 radical (unpaired) electrons. The summed E-state index contributed by atoms with van der Waals surface area (Å²) in [5.74, 6) is 1.13. The summed E-state index contributed by atoms with van der Waals surface area (Å²) >= 11 is 0. The molecule has 0 amide bonds. The van der Waals surface area contributed by atoms with Gasteiger partial charge in [-0.25, -0.2) is 0 Å². The Balaban J connectivity index is 1.95. The van der Waals surface area contributed by atoms with Crippen LogP contribution in [0, 0.1) is 5.92 Å². The first kappa shape index (κ1) is 13.6. The zero-order chi connectivity index (χ0) is 13.1. The lowest BCUT2D eigenvalue weighted by Gasteiger charge is -2.21. The fraction of sp³-hybridized carbons (Fsp3) is 0.625. The number of hydrogen-bond donors (Lipinski definition) is 1. The van der Waals surface area contributed by atoms with Crippen LogP contribution < -0.4 is 0 Å². The van der Waals surface area contributed by atoms with Crippen LogP contribution >= 0.6 is 0 Å². The molecule has 1 aromatic carbocycles. The van der Waals surface area contributed by atoms with Gasteiger partial charge in [0.2, 0.25) is 0 Å². The number of benzene rings is 1. The topological polar surface area (TPSA) is 29.5 Å². The molecule has 2 rings (SSSR count). The molecule has 1 aliphatic carbocycles. The van der Waals surface area contributed by atoms with E-state index >= 15 is 0 Å². The molecule has 2 nitrogen and oxygen atoms in total. The second-order valence-electron chi connectivity index (χ2n) is 5.71. The maximum atomic E-state index is 10.2. The van der Waals surface area contributed by atoms with E-state index < -0.39 is 0 Å². The van der Waals surface area contributed by atoms with E-state index in [4.69, 9.17) is 4.74 Å². The van der Waals surface area contributed by atoms with Gasteiger partial charge >= 0.3 is 0 Å². The fourth-order valence-corrected chi connectivity index (χ4v) is 2.48. The summed E-state index contributed by atoms with van der Waals surface area (Å²) in [6.07, 6.45) is 2.71. The van der Waals surface area contributed by atoms with Crippen LogP contribution in [0.3, 0.4) is 0 Å². The van der Waals surface area contributed by atoms with Crippen molar-refractivity contribution >= 4 is 0 Å². The molecule has 100 valence electrons. The van der Waals surface area contributed by atoms with Crippen molar-refractivity contribution in [1.29, 1.82) is 0 Å². The van der Waals surface area contributed by atoms with E-state index in [1.807, 2.05) is 0 Å². The predicted octanol–water partition coefficient (Wildman–Crippen LogP) is 3.14. The van der Waals surface area contributed by atoms with Crippen molar-refractivity contribution in [2.45, 2.75) is 51.2 Å². The molecule has 1 N–H and O–H groups in total. The van der Waals surface area contributed by atoms with Gasteiger partial charge in [0.1, 0.15) is 0 Å². The largest absolute Gasteiger partial charge is 0.390 e. The second kappa shape index (κ2) is 5.85. The smallest absolute Gasteiger partial charge is 0.0861 e. The molecule has 18 heavy (non-hydrogen) atoms. The minimum atomic E-state index is -0.382. The van der Waals surface area contributed by atoms with Gasteiger partial charge in [-0.2, -0.15) is 0 Å². The van der Waals surface area contributed by atoms with Gasteiger partial charge < -0.3 is 9.84 Å². The molecule has 0 heterocycles. The Kier molecular flexibility index (Phi) is 4.41. The monoisotopic (exact) mass is 248 g/mol. The van der Waals surface area contributed by atoms with Crippen LogP contribution in [0.15, 0.2) is 24.3 Å². The number of rotatable bonds is 6. The molecule has 0 aromatic heterocycles. The van der Waals surface area contributed by atoms with Crippen molar-refractivity contribution < 1.29 is 9.84 Å². The van der Waals surface area contributed by atoms with Crippen molar-refractivity contribution in [3.63, 3.8) is 0 Å². The van der Waals surface area contributed by atoms with Crippen molar-refractivity contribution in [2.75, 3.05) is 7.11 Å². The van der Waals surface area contributed by atoms with Crippen LogP contribution in [0.2, 0.25) is 0 Å². The Morgan fingerprint density at radius 2 is 1.83 bits per heavy atom. The Bertz CT molecular complexity index is 365. The molecule has 0 spiro atoms. The molecule has 2 heteroatoms. The molecule has 1 aromatic rings. The zero-order valence-electron chi connectivity index (χ0n) is 11.6. The van der Waals surface area contributed by atoms with E-state index in [-0.39, 0.29) is 12.2 Å². The average Bonchev–Trinajstić information content (AvgIpc) is 3.15. The molecule has 0 saturated heterocycles. The van der Waals surface area contributed by atoms with Gasteiger partial charge in [0.25, 0.3) is 0 Å². The summed E-state index contributed by atoms with van der Waals surface area (Å²) in [6.45, 7) is 4.38. The highest BCUT2D eigenvalue weighted by molar-refractivity contribution is 5.25. The lowest BCUT2D eigenvalue weighted by Crippen LogP contribution is -2.31. The van der Waals surface area contributed by atoms with Crippen LogP contribution in [-0.4, -0.2) is 24.4 Å². The Morgan fingerprint density at radius 3 is 2.28 bits per heavy atom. The molecule has 0 bridgehead atoms. The highest BCUT2D eigenvalue weighted by atomic mass is 16.5. The van der Waals surface area contributed by atoms with E-state index in [9.17, 15) is 5.11 Å². The first-order valence-corrected chi connectivity index (χ1v) is 6.91. The van der Waals surface area contributed by atoms with Crippen LogP contribution in [0.4, 0.5) is 0 Å². The lowest BCUT2D eigenvalue weighted by molar-refractivity contribution is -0.0237. The molecule has 2 unspecified atom stereocenters. The number of aliphatic hydroxyl groups excluding tert-OH is 1. The van der Waals surface area contributed by atoms with Crippen molar-refractivity contribution in [2.24, 2.45) is 5.92 Å². The highest BCUT2D eigenvalue weighted by Gasteiger charge is 2.35. The molecule has 1 aliphatic rings. The van der Waals surface area contributed by atoms with E-state index in [1.54, 1.807) is 7.11 Å². The molecular formula is C16H24O2. The van der Waals surface area contributed by atoms with Gasteiger partial charge in [-0.3, -0.25) is 0 Å². The van der Waals surface area contributed by atoms with Gasteiger partial charge in [0.05, 0.1) is 12.2 Å². The third kappa shape index (κ3) is 3.33. The van der Waals surface area contributed by atoms with Gasteiger partial charge in [-0.15, -0.1) is 0 Å². The third-order valence-corrected chi connectivity index (χ3v) is 3.83. The summed E-state index contributed by atoms with van der Waals surface area (Å²) in [6, 6.07) is 8.56. The predicted molar refractivity (Wildman–Crippen MR) is 73.8 cm³/mol. The summed E-state index contributed by atoms with van der Waals surface area (Å²) in [4.78, 5) is 0. The molecule has 1 fully saturated rings. The normalized spacial score (nSPS) is 18.9. The first-order chi connectivity index (χ1) is 8.61. The second-order valence-corrected chi connectivity index (χ2v) is 5.71. The van der Waals surface area contributed by atoms with Gasteiger partial charge in [-0.05, 0) is 35.8 Å². The third-order valence-electron chi connectivity index (χ3n) is 3.83. The molecule has 2 atom stereocenters. The SMILES string of the molecule is COC(C(O)Cc1ccc(C(C)C)cc1)C1CC1. The minimum absolute atomic E-state index is 0.00905. The average molecular weight is 248 g/mol. The van der Waals surface area contributed by atoms with Gasteiger partial charge in [-0.1, -0.05) is 38.1 Å². The quantitative estimate of drug-likeness (QED) is 0.838. The maximum Gasteiger partial charge on any atom is 0.0861 e. The van der Waals surface area contributed by atoms with Crippen LogP contribution in [0.1, 0.15) is 43.7 Å². The maximum absolute atomic E-state index is 10.2. The van der Waals surface area contributed by atoms with Crippen LogP contribution in [0.5, 0.6) is 0 Å². The Morgan fingerprint density at radius 1 is 1.22 bits per heavy atom. The number of aliphatic hydroxyl groups is 1. The summed E-state index contributed by atoms with van der Waals surface area (Å²) < 4.78 is 5.42. The Hall–Kier alpha value is -0.860.